The number of fused-ring (bicyclic) bond motifs is 1. The molecule has 2 aromatic carbocycles. The third-order valence-corrected chi connectivity index (χ3v) is 6.24. The van der Waals surface area contributed by atoms with E-state index in [0.717, 1.165) is 53.4 Å². The lowest BCUT2D eigenvalue weighted by Gasteiger charge is -2.32. The summed E-state index contributed by atoms with van der Waals surface area (Å²) in [5, 5.41) is 0. The van der Waals surface area contributed by atoms with E-state index in [2.05, 4.69) is 22.0 Å². The molecule has 0 saturated carbocycles. The molecule has 8 nitrogen and oxygen atoms in total. The van der Waals surface area contributed by atoms with Gasteiger partial charge in [0.2, 0.25) is 0 Å². The van der Waals surface area contributed by atoms with Crippen LogP contribution in [0.1, 0.15) is 17.4 Å². The Morgan fingerprint density at radius 3 is 2.79 bits per heavy atom. The van der Waals surface area contributed by atoms with Crippen LogP contribution in [0.4, 0.5) is 0 Å². The van der Waals surface area contributed by atoms with E-state index in [-0.39, 0.29) is 11.8 Å². The van der Waals surface area contributed by atoms with Gasteiger partial charge in [-0.1, -0.05) is 18.2 Å². The van der Waals surface area contributed by atoms with E-state index in [4.69, 9.17) is 14.5 Å². The fraction of sp³-hybridized carbons (Fsp3) is 0.320. The molecule has 3 heterocycles. The highest BCUT2D eigenvalue weighted by Crippen LogP contribution is 2.26. The summed E-state index contributed by atoms with van der Waals surface area (Å²) in [6.07, 6.45) is 3.39. The number of aryl methyl sites for hydroxylation is 2. The molecule has 1 saturated heterocycles. The van der Waals surface area contributed by atoms with Crippen LogP contribution in [0.25, 0.3) is 22.3 Å². The smallest absolute Gasteiger partial charge is 0.328 e. The van der Waals surface area contributed by atoms with E-state index >= 15 is 0 Å². The van der Waals surface area contributed by atoms with Crippen molar-refractivity contribution in [3.8, 4) is 17.0 Å². The number of hydrogen-bond donors (Lipinski definition) is 0. The molecule has 0 bridgehead atoms. The molecule has 1 fully saturated rings. The van der Waals surface area contributed by atoms with E-state index in [1.807, 2.05) is 37.4 Å². The van der Waals surface area contributed by atoms with Crippen molar-refractivity contribution in [1.29, 1.82) is 0 Å². The van der Waals surface area contributed by atoms with Crippen LogP contribution in [0, 0.1) is 0 Å². The van der Waals surface area contributed by atoms with Crippen LogP contribution in [0.2, 0.25) is 0 Å². The Labute approximate surface area is 192 Å². The highest BCUT2D eigenvalue weighted by Gasteiger charge is 2.24. The number of rotatable bonds is 5. The first-order valence-corrected chi connectivity index (χ1v) is 11.0. The minimum absolute atomic E-state index is 0.0110. The minimum atomic E-state index is -0.151. The maximum atomic E-state index is 12.2. The molecule has 170 valence electrons. The molecular weight excluding hydrogens is 418 g/mol. The Kier molecular flexibility index (Phi) is 5.70. The molecule has 4 aromatic rings. The maximum Gasteiger partial charge on any atom is 0.328 e. The highest BCUT2D eigenvalue weighted by molar-refractivity contribution is 5.76. The standard InChI is InChI=1S/C25H27N5O3/c1-28-22-8-7-17(11-23(22)29(2)25(28)31)15-30-9-10-33-24(16-30)21-14-26-13-20(27-21)18-5-4-6-19(12-18)32-3/h4-8,11-14,24H,9-10,15-16H2,1-3H3/t24-/m0/s1. The van der Waals surface area contributed by atoms with Gasteiger partial charge in [-0.15, -0.1) is 0 Å². The Morgan fingerprint density at radius 1 is 1.09 bits per heavy atom. The van der Waals surface area contributed by atoms with Crippen molar-refractivity contribution in [2.75, 3.05) is 26.8 Å². The van der Waals surface area contributed by atoms with Crippen LogP contribution >= 0.6 is 0 Å². The van der Waals surface area contributed by atoms with Crippen LogP contribution in [0.5, 0.6) is 5.75 Å². The van der Waals surface area contributed by atoms with E-state index in [9.17, 15) is 4.79 Å². The lowest BCUT2D eigenvalue weighted by Crippen LogP contribution is -2.38. The number of hydrogen-bond acceptors (Lipinski definition) is 6. The van der Waals surface area contributed by atoms with Gasteiger partial charge in [-0.25, -0.2) is 9.78 Å². The zero-order chi connectivity index (χ0) is 22.9. The van der Waals surface area contributed by atoms with Gasteiger partial charge in [-0.2, -0.15) is 0 Å². The lowest BCUT2D eigenvalue weighted by molar-refractivity contribution is -0.0351. The molecule has 1 atom stereocenters. The summed E-state index contributed by atoms with van der Waals surface area (Å²) in [6.45, 7) is 2.97. The number of imidazole rings is 1. The molecule has 0 spiro atoms. The summed E-state index contributed by atoms with van der Waals surface area (Å²) in [6, 6.07) is 14.0. The molecule has 2 aromatic heterocycles. The van der Waals surface area contributed by atoms with E-state index < -0.39 is 0 Å². The van der Waals surface area contributed by atoms with Gasteiger partial charge in [0.25, 0.3) is 0 Å². The average Bonchev–Trinajstić information content (AvgIpc) is 3.08. The Balaban J connectivity index is 1.34. The van der Waals surface area contributed by atoms with Gasteiger partial charge >= 0.3 is 5.69 Å². The second-order valence-electron chi connectivity index (χ2n) is 8.38. The van der Waals surface area contributed by atoms with Gasteiger partial charge in [0.1, 0.15) is 11.9 Å². The van der Waals surface area contributed by atoms with Crippen molar-refractivity contribution in [3.05, 3.63) is 76.6 Å². The quantitative estimate of drug-likeness (QED) is 0.470. The second kappa shape index (κ2) is 8.80. The molecular formula is C25H27N5O3. The van der Waals surface area contributed by atoms with Crippen LogP contribution in [0.3, 0.4) is 0 Å². The molecule has 0 aliphatic carbocycles. The largest absolute Gasteiger partial charge is 0.497 e. The highest BCUT2D eigenvalue weighted by atomic mass is 16.5. The lowest BCUT2D eigenvalue weighted by atomic mass is 10.1. The van der Waals surface area contributed by atoms with Crippen molar-refractivity contribution < 1.29 is 9.47 Å². The predicted octanol–water partition coefficient (Wildman–Crippen LogP) is 2.92. The first-order valence-electron chi connectivity index (χ1n) is 11.0. The van der Waals surface area contributed by atoms with Crippen molar-refractivity contribution in [1.82, 2.24) is 24.0 Å². The van der Waals surface area contributed by atoms with Gasteiger partial charge in [-0.05, 0) is 29.8 Å². The van der Waals surface area contributed by atoms with Crippen molar-refractivity contribution >= 4 is 11.0 Å². The monoisotopic (exact) mass is 445 g/mol. The summed E-state index contributed by atoms with van der Waals surface area (Å²) in [5.74, 6) is 0.785. The van der Waals surface area contributed by atoms with Crippen molar-refractivity contribution in [2.24, 2.45) is 14.1 Å². The molecule has 0 amide bonds. The molecule has 1 aliphatic rings. The molecule has 33 heavy (non-hydrogen) atoms. The first kappa shape index (κ1) is 21.4. The zero-order valence-electron chi connectivity index (χ0n) is 19.1. The van der Waals surface area contributed by atoms with Gasteiger partial charge < -0.3 is 9.47 Å². The summed E-state index contributed by atoms with van der Waals surface area (Å²) < 4.78 is 14.8. The minimum Gasteiger partial charge on any atom is -0.497 e. The molecule has 5 rings (SSSR count). The number of aromatic nitrogens is 4. The Bertz CT molecular complexity index is 1360. The third kappa shape index (κ3) is 4.15. The number of morpholine rings is 1. The van der Waals surface area contributed by atoms with E-state index in [0.29, 0.717) is 6.61 Å². The van der Waals surface area contributed by atoms with Crippen molar-refractivity contribution in [2.45, 2.75) is 12.6 Å². The molecule has 0 N–H and O–H groups in total. The SMILES string of the molecule is COc1cccc(-c2cncc([C@@H]3CN(Cc4ccc5c(c4)n(C)c(=O)n5C)CCO3)n2)c1. The summed E-state index contributed by atoms with van der Waals surface area (Å²) in [7, 11) is 5.27. The van der Waals surface area contributed by atoms with Gasteiger partial charge in [0, 0.05) is 39.3 Å². The van der Waals surface area contributed by atoms with E-state index in [1.54, 1.807) is 35.7 Å². The first-order chi connectivity index (χ1) is 16.0. The second-order valence-corrected chi connectivity index (χ2v) is 8.38. The third-order valence-electron chi connectivity index (χ3n) is 6.24. The number of methoxy groups -OCH3 is 1. The fourth-order valence-corrected chi connectivity index (χ4v) is 4.39. The number of nitrogens with zero attached hydrogens (tertiary/aromatic N) is 5. The Morgan fingerprint density at radius 2 is 1.94 bits per heavy atom. The van der Waals surface area contributed by atoms with Gasteiger partial charge in [0.05, 0.1) is 48.5 Å². The zero-order valence-corrected chi connectivity index (χ0v) is 19.1. The van der Waals surface area contributed by atoms with Gasteiger partial charge in [-0.3, -0.25) is 19.0 Å². The number of ether oxygens (including phenoxy) is 2. The normalized spacial score (nSPS) is 16.9. The summed E-state index contributed by atoms with van der Waals surface area (Å²) in [5.41, 5.74) is 5.61. The van der Waals surface area contributed by atoms with Crippen LogP contribution in [-0.2, 0) is 25.4 Å². The predicted molar refractivity (Wildman–Crippen MR) is 126 cm³/mol. The van der Waals surface area contributed by atoms with Gasteiger partial charge in [0.15, 0.2) is 0 Å². The Hall–Kier alpha value is -3.49. The number of benzene rings is 2. The molecule has 0 radical (unpaired) electrons. The molecule has 8 heteroatoms. The summed E-state index contributed by atoms with van der Waals surface area (Å²) >= 11 is 0. The topological polar surface area (TPSA) is 74.4 Å². The van der Waals surface area contributed by atoms with Crippen LogP contribution in [0.15, 0.2) is 59.7 Å². The molecule has 1 aliphatic heterocycles. The van der Waals surface area contributed by atoms with Crippen LogP contribution in [-0.4, -0.2) is 50.8 Å². The average molecular weight is 446 g/mol. The van der Waals surface area contributed by atoms with Crippen LogP contribution < -0.4 is 10.4 Å². The van der Waals surface area contributed by atoms with E-state index in [1.165, 1.54) is 5.56 Å². The summed E-state index contributed by atoms with van der Waals surface area (Å²) in [4.78, 5) is 23.8. The fourth-order valence-electron chi connectivity index (χ4n) is 4.39. The maximum absolute atomic E-state index is 12.2. The van der Waals surface area contributed by atoms with Crippen molar-refractivity contribution in [3.63, 3.8) is 0 Å². The molecule has 0 unspecified atom stereocenters.